The second-order valence-corrected chi connectivity index (χ2v) is 2.67. The van der Waals surface area contributed by atoms with E-state index in [1.54, 1.807) is 0 Å². The van der Waals surface area contributed by atoms with Crippen molar-refractivity contribution in [1.82, 2.24) is 0 Å². The molecule has 3 heteroatoms. The summed E-state index contributed by atoms with van der Waals surface area (Å²) in [5, 5.41) is 0.799. The third-order valence-corrected chi connectivity index (χ3v) is 1.63. The second-order valence-electron chi connectivity index (χ2n) is 2.23. The predicted molar refractivity (Wildman–Crippen MR) is 45.1 cm³/mol. The van der Waals surface area contributed by atoms with Crippen molar-refractivity contribution in [3.63, 3.8) is 0 Å². The summed E-state index contributed by atoms with van der Waals surface area (Å²) in [5.74, 6) is 0. The first kappa shape index (κ1) is 14.9. The molecule has 1 rings (SSSR count). The molecule has 0 heterocycles. The largest absolute Gasteiger partial charge is 2.00 e. The van der Waals surface area contributed by atoms with Crippen molar-refractivity contribution in [3.8, 4) is 0 Å². The average molecular weight is 254 g/mol. The van der Waals surface area contributed by atoms with Crippen molar-refractivity contribution < 1.29 is 31.9 Å². The summed E-state index contributed by atoms with van der Waals surface area (Å²) in [6, 6.07) is 7.89. The van der Waals surface area contributed by atoms with Gasteiger partial charge in [-0.1, -0.05) is 35.7 Å². The van der Waals surface area contributed by atoms with Gasteiger partial charge in [0.05, 0.1) is 0 Å². The van der Waals surface area contributed by atoms with Gasteiger partial charge in [-0.25, -0.2) is 0 Å². The normalized spacial score (nSPS) is 8.17. The van der Waals surface area contributed by atoms with Crippen LogP contribution in [0.1, 0.15) is 12.0 Å². The molecule has 0 N–H and O–H groups in total. The number of hydrogen-bond donors (Lipinski definition) is 0. The predicted octanol–water partition coefficient (Wildman–Crippen LogP) is 0.108. The van der Waals surface area contributed by atoms with E-state index in [4.69, 9.17) is 11.6 Å². The van der Waals surface area contributed by atoms with Gasteiger partial charge in [0, 0.05) is 5.02 Å². The van der Waals surface area contributed by atoms with Crippen LogP contribution in [0, 0.1) is 6.92 Å². The molecule has 0 unspecified atom stereocenters. The third kappa shape index (κ3) is 5.14. The van der Waals surface area contributed by atoms with Crippen LogP contribution in [0.3, 0.4) is 0 Å². The summed E-state index contributed by atoms with van der Waals surface area (Å²) in [4.78, 5) is 0. The van der Waals surface area contributed by atoms with Gasteiger partial charge in [-0.05, 0) is 12.1 Å². The molecule has 1 aromatic rings. The van der Waals surface area contributed by atoms with Crippen molar-refractivity contribution in [2.75, 3.05) is 0 Å². The van der Waals surface area contributed by atoms with Crippen LogP contribution in [-0.4, -0.2) is 0 Å². The molecule has 62 valence electrons. The van der Waals surface area contributed by atoms with Crippen LogP contribution >= 0.6 is 11.6 Å². The van der Waals surface area contributed by atoms with Gasteiger partial charge < -0.3 is 19.3 Å². The van der Waals surface area contributed by atoms with E-state index in [9.17, 15) is 0 Å². The van der Waals surface area contributed by atoms with Crippen LogP contribution in [0.4, 0.5) is 0 Å². The molecule has 0 saturated carbocycles. The Hall–Kier alpha value is 0.423. The molecule has 1 aromatic carbocycles. The molecule has 0 nitrogen and oxygen atoms in total. The molecule has 0 spiro atoms. The van der Waals surface area contributed by atoms with Crippen LogP contribution < -0.4 is 12.4 Å². The molecule has 0 aromatic heterocycles. The number of halogens is 2. The molecule has 0 amide bonds. The first-order valence-electron chi connectivity index (χ1n) is 3.36. The molecule has 0 aliphatic heterocycles. The Morgan fingerprint density at radius 1 is 1.17 bits per heavy atom. The molecule has 0 radical (unpaired) electrons. The number of aryl methyl sites for hydroxylation is 1. The quantitative estimate of drug-likeness (QED) is 0.519. The van der Waals surface area contributed by atoms with Crippen molar-refractivity contribution >= 4 is 11.6 Å². The summed E-state index contributed by atoms with van der Waals surface area (Å²) in [7, 11) is 0. The van der Waals surface area contributed by atoms with E-state index in [0.29, 0.717) is 0 Å². The monoisotopic (exact) mass is 252 g/mol. The van der Waals surface area contributed by atoms with Gasteiger partial charge >= 0.3 is 19.5 Å². The van der Waals surface area contributed by atoms with Crippen LogP contribution in [0.2, 0.25) is 5.02 Å². The minimum Gasteiger partial charge on any atom is -1.00 e. The van der Waals surface area contributed by atoms with E-state index in [1.165, 1.54) is 5.56 Å². The fraction of sp³-hybridized carbons (Fsp3) is 0.222. The minimum atomic E-state index is 0. The van der Waals surface area contributed by atoms with Gasteiger partial charge in [0.25, 0.3) is 0 Å². The van der Waals surface area contributed by atoms with Crippen molar-refractivity contribution in [1.29, 1.82) is 0 Å². The zero-order valence-corrected chi connectivity index (χ0v) is 11.4. The Morgan fingerprint density at radius 3 is 2.08 bits per heavy atom. The first-order valence-corrected chi connectivity index (χ1v) is 3.74. The van der Waals surface area contributed by atoms with E-state index < -0.39 is 0 Å². The zero-order chi connectivity index (χ0) is 7.40. The average Bonchev–Trinajstić information content (AvgIpc) is 1.95. The third-order valence-electron chi connectivity index (χ3n) is 1.38. The fourth-order valence-corrected chi connectivity index (χ4v) is 0.981. The summed E-state index contributed by atoms with van der Waals surface area (Å²) < 4.78 is 0. The topological polar surface area (TPSA) is 0 Å². The molecule has 0 saturated heterocycles. The van der Waals surface area contributed by atoms with Crippen LogP contribution in [0.5, 0.6) is 0 Å². The Kier molecular flexibility index (Phi) is 10.00. The van der Waals surface area contributed by atoms with E-state index in [-0.39, 0.29) is 31.9 Å². The molecular formula is C9H10Cl2Zn. The number of benzene rings is 1. The van der Waals surface area contributed by atoms with Crippen molar-refractivity contribution in [3.05, 3.63) is 41.8 Å². The molecule has 0 fully saturated rings. The summed E-state index contributed by atoms with van der Waals surface area (Å²) in [5.41, 5.74) is 1.31. The number of rotatable bonds is 2. The standard InChI is InChI=1S/C9H10Cl.ClH.Zn/c1-2-3-8-4-6-9(10)7-5-8;;/h4-7H,1-3H2;1H;/q-1;;+2/p-1. The van der Waals surface area contributed by atoms with Crippen molar-refractivity contribution in [2.24, 2.45) is 0 Å². The maximum absolute atomic E-state index is 5.70. The maximum atomic E-state index is 5.70. The van der Waals surface area contributed by atoms with Crippen molar-refractivity contribution in [2.45, 2.75) is 12.8 Å². The van der Waals surface area contributed by atoms with E-state index in [2.05, 4.69) is 6.92 Å². The minimum absolute atomic E-state index is 0. The molecule has 0 atom stereocenters. The van der Waals surface area contributed by atoms with Gasteiger partial charge in [-0.3, -0.25) is 0 Å². The van der Waals surface area contributed by atoms with Crippen LogP contribution in [-0.2, 0) is 25.9 Å². The maximum Gasteiger partial charge on any atom is 2.00 e. The van der Waals surface area contributed by atoms with Gasteiger partial charge in [-0.15, -0.1) is 0 Å². The smallest absolute Gasteiger partial charge is 1.00 e. The molecule has 0 aliphatic carbocycles. The molecular weight excluding hydrogens is 244 g/mol. The molecule has 0 aliphatic rings. The van der Waals surface area contributed by atoms with Gasteiger partial charge in [0.2, 0.25) is 0 Å². The Balaban J connectivity index is 0. The Morgan fingerprint density at radius 2 is 1.67 bits per heavy atom. The summed E-state index contributed by atoms with van der Waals surface area (Å²) >= 11 is 5.70. The zero-order valence-electron chi connectivity index (χ0n) is 6.89. The Labute approximate surface area is 97.9 Å². The SMILES string of the molecule is [CH2-]CCc1ccc(Cl)cc1.[Cl-].[Zn+2]. The molecule has 0 bridgehead atoms. The van der Waals surface area contributed by atoms with Gasteiger partial charge in [0.15, 0.2) is 0 Å². The van der Waals surface area contributed by atoms with Gasteiger partial charge in [-0.2, -0.15) is 6.42 Å². The van der Waals surface area contributed by atoms with E-state index in [1.807, 2.05) is 24.3 Å². The number of hydrogen-bond acceptors (Lipinski definition) is 0. The molecule has 12 heavy (non-hydrogen) atoms. The summed E-state index contributed by atoms with van der Waals surface area (Å²) in [6.45, 7) is 3.77. The van der Waals surface area contributed by atoms with E-state index in [0.717, 1.165) is 17.9 Å². The van der Waals surface area contributed by atoms with Crippen LogP contribution in [0.15, 0.2) is 24.3 Å². The second kappa shape index (κ2) is 8.04. The fourth-order valence-electron chi connectivity index (χ4n) is 0.855. The van der Waals surface area contributed by atoms with E-state index >= 15 is 0 Å². The summed E-state index contributed by atoms with van der Waals surface area (Å²) in [6.07, 6.45) is 1.98. The van der Waals surface area contributed by atoms with Gasteiger partial charge in [0.1, 0.15) is 0 Å². The van der Waals surface area contributed by atoms with Crippen LogP contribution in [0.25, 0.3) is 0 Å². The first-order chi connectivity index (χ1) is 4.83. The Bertz CT molecular complexity index is 196.